The first kappa shape index (κ1) is 11.9. The van der Waals surface area contributed by atoms with Gasteiger partial charge in [-0.2, -0.15) is 0 Å². The van der Waals surface area contributed by atoms with Gasteiger partial charge in [-0.05, 0) is 39.0 Å². The van der Waals surface area contributed by atoms with E-state index in [0.29, 0.717) is 4.47 Å². The Balaban J connectivity index is 2.28. The van der Waals surface area contributed by atoms with E-state index >= 15 is 0 Å². The Morgan fingerprint density at radius 3 is 2.70 bits per heavy atom. The van der Waals surface area contributed by atoms with Gasteiger partial charge in [0.1, 0.15) is 11.5 Å². The smallest absolute Gasteiger partial charge is 0.201 e. The van der Waals surface area contributed by atoms with E-state index in [4.69, 9.17) is 0 Å². The molecule has 0 atom stereocenters. The molecule has 0 bridgehead atoms. The molecule has 0 saturated heterocycles. The molecule has 98 valence electrons. The Labute approximate surface area is 126 Å². The van der Waals surface area contributed by atoms with E-state index in [1.807, 2.05) is 17.5 Å². The van der Waals surface area contributed by atoms with Gasteiger partial charge in [0, 0.05) is 15.6 Å². The van der Waals surface area contributed by atoms with Gasteiger partial charge in [0.15, 0.2) is 0 Å². The maximum absolute atomic E-state index is 12.7. The molecule has 1 heterocycles. The molecule has 1 aliphatic rings. The van der Waals surface area contributed by atoms with Crippen molar-refractivity contribution in [2.75, 3.05) is 0 Å². The van der Waals surface area contributed by atoms with E-state index in [0.717, 1.165) is 21.2 Å². The van der Waals surface area contributed by atoms with Crippen molar-refractivity contribution in [3.63, 3.8) is 0 Å². The van der Waals surface area contributed by atoms with Gasteiger partial charge in [-0.3, -0.25) is 4.79 Å². The molecule has 2 N–H and O–H groups in total. The van der Waals surface area contributed by atoms with Gasteiger partial charge in [0.2, 0.25) is 5.78 Å². The first-order chi connectivity index (χ1) is 9.59. The van der Waals surface area contributed by atoms with Crippen LogP contribution in [0.2, 0.25) is 0 Å². The summed E-state index contributed by atoms with van der Waals surface area (Å²) in [5.41, 5.74) is 2.12. The molecule has 5 heteroatoms. The van der Waals surface area contributed by atoms with Gasteiger partial charge in [-0.1, -0.05) is 12.1 Å². The fourth-order valence-electron chi connectivity index (χ4n) is 2.71. The molecular weight excluding hydrogens is 340 g/mol. The molecule has 0 fully saturated rings. The monoisotopic (exact) mass is 346 g/mol. The van der Waals surface area contributed by atoms with Crippen molar-refractivity contribution in [2.24, 2.45) is 0 Å². The first-order valence-electron chi connectivity index (χ1n) is 5.89. The van der Waals surface area contributed by atoms with Crippen LogP contribution in [0.4, 0.5) is 0 Å². The van der Waals surface area contributed by atoms with Crippen LogP contribution in [0.5, 0.6) is 11.5 Å². The lowest BCUT2D eigenvalue weighted by atomic mass is 9.85. The van der Waals surface area contributed by atoms with Crippen molar-refractivity contribution in [3.8, 4) is 22.6 Å². The van der Waals surface area contributed by atoms with Gasteiger partial charge in [0.05, 0.1) is 15.6 Å². The molecule has 0 spiro atoms. The molecule has 0 saturated carbocycles. The third-order valence-electron chi connectivity index (χ3n) is 3.58. The summed E-state index contributed by atoms with van der Waals surface area (Å²) in [4.78, 5) is 12.7. The second-order valence-corrected chi connectivity index (χ2v) is 6.40. The molecule has 0 aliphatic heterocycles. The van der Waals surface area contributed by atoms with Crippen LogP contribution >= 0.6 is 27.3 Å². The summed E-state index contributed by atoms with van der Waals surface area (Å²) >= 11 is 4.78. The Morgan fingerprint density at radius 1 is 1.10 bits per heavy atom. The fraction of sp³-hybridized carbons (Fsp3) is 0. The van der Waals surface area contributed by atoms with Crippen LogP contribution in [0.3, 0.4) is 0 Å². The number of hydrogen-bond acceptors (Lipinski definition) is 4. The van der Waals surface area contributed by atoms with Crippen molar-refractivity contribution >= 4 is 43.1 Å². The molecule has 0 amide bonds. The number of hydrogen-bond donors (Lipinski definition) is 2. The summed E-state index contributed by atoms with van der Waals surface area (Å²) in [5.74, 6) is -0.472. The number of ketones is 1. The molecule has 0 unspecified atom stereocenters. The predicted molar refractivity (Wildman–Crippen MR) is 81.7 cm³/mol. The summed E-state index contributed by atoms with van der Waals surface area (Å²) in [6, 6.07) is 6.83. The highest BCUT2D eigenvalue weighted by atomic mass is 79.9. The SMILES string of the molecule is O=C1c2c(O)cccc2-c2csc3cc(Br)c(O)c1c23. The third kappa shape index (κ3) is 1.31. The molecule has 3 nitrogen and oxygen atoms in total. The number of halogens is 1. The molecule has 20 heavy (non-hydrogen) atoms. The first-order valence-corrected chi connectivity index (χ1v) is 7.56. The van der Waals surface area contributed by atoms with E-state index in [-0.39, 0.29) is 28.4 Å². The number of carbonyl (C=O) groups is 1. The van der Waals surface area contributed by atoms with Gasteiger partial charge in [0.25, 0.3) is 0 Å². The Bertz CT molecular complexity index is 911. The Morgan fingerprint density at radius 2 is 1.90 bits per heavy atom. The minimum Gasteiger partial charge on any atom is -0.507 e. The lowest BCUT2D eigenvalue weighted by Crippen LogP contribution is -2.09. The number of rotatable bonds is 0. The van der Waals surface area contributed by atoms with Crippen LogP contribution in [0.15, 0.2) is 34.1 Å². The van der Waals surface area contributed by atoms with E-state index in [9.17, 15) is 15.0 Å². The summed E-state index contributed by atoms with van der Waals surface area (Å²) in [6.07, 6.45) is 0. The molecule has 1 aliphatic carbocycles. The standard InChI is InChI=1S/C15H7BrO3S/c16-8-4-10-12-7(5-20-10)6-2-1-3-9(17)11(6)15(19)13(12)14(8)18/h1-5,17-18H. The maximum Gasteiger partial charge on any atom is 0.201 e. The van der Waals surface area contributed by atoms with Crippen LogP contribution < -0.4 is 0 Å². The van der Waals surface area contributed by atoms with E-state index in [2.05, 4.69) is 15.9 Å². The van der Waals surface area contributed by atoms with Crippen molar-refractivity contribution in [1.82, 2.24) is 0 Å². The molecule has 0 radical (unpaired) electrons. The fourth-order valence-corrected chi connectivity index (χ4v) is 4.29. The summed E-state index contributed by atoms with van der Waals surface area (Å²) in [7, 11) is 0. The van der Waals surface area contributed by atoms with Crippen LogP contribution in [0, 0.1) is 0 Å². The highest BCUT2D eigenvalue weighted by Gasteiger charge is 2.31. The average Bonchev–Trinajstić information content (AvgIpc) is 2.82. The average molecular weight is 347 g/mol. The van der Waals surface area contributed by atoms with E-state index in [1.165, 1.54) is 17.4 Å². The number of benzene rings is 2. The van der Waals surface area contributed by atoms with Crippen LogP contribution in [-0.4, -0.2) is 16.0 Å². The quantitative estimate of drug-likeness (QED) is 0.499. The largest absolute Gasteiger partial charge is 0.507 e. The number of thiophene rings is 1. The zero-order valence-electron chi connectivity index (χ0n) is 9.98. The number of phenolic OH excluding ortho intramolecular Hbond substituents is 2. The summed E-state index contributed by atoms with van der Waals surface area (Å²) in [5, 5.41) is 22.9. The third-order valence-corrected chi connectivity index (χ3v) is 5.11. The molecule has 1 aromatic heterocycles. The lowest BCUT2D eigenvalue weighted by molar-refractivity contribution is 0.103. The number of fused-ring (bicyclic) bond motifs is 2. The topological polar surface area (TPSA) is 57.5 Å². The zero-order valence-corrected chi connectivity index (χ0v) is 12.4. The van der Waals surface area contributed by atoms with Gasteiger partial charge in [-0.25, -0.2) is 0 Å². The zero-order chi connectivity index (χ0) is 14.0. The van der Waals surface area contributed by atoms with Gasteiger partial charge < -0.3 is 10.2 Å². The lowest BCUT2D eigenvalue weighted by Gasteiger charge is -2.18. The molecule has 4 rings (SSSR count). The van der Waals surface area contributed by atoms with Crippen molar-refractivity contribution in [1.29, 1.82) is 0 Å². The predicted octanol–water partition coefficient (Wildman–Crippen LogP) is 4.29. The van der Waals surface area contributed by atoms with Crippen molar-refractivity contribution < 1.29 is 15.0 Å². The van der Waals surface area contributed by atoms with Gasteiger partial charge in [-0.15, -0.1) is 11.3 Å². The highest BCUT2D eigenvalue weighted by molar-refractivity contribution is 9.10. The van der Waals surface area contributed by atoms with E-state index < -0.39 is 0 Å². The molecular formula is C15H7BrO3S. The molecule has 3 aromatic rings. The van der Waals surface area contributed by atoms with Gasteiger partial charge >= 0.3 is 0 Å². The minimum absolute atomic E-state index is 0.0584. The normalized spacial score (nSPS) is 12.8. The van der Waals surface area contributed by atoms with Crippen LogP contribution in [-0.2, 0) is 0 Å². The van der Waals surface area contributed by atoms with E-state index in [1.54, 1.807) is 6.07 Å². The second-order valence-electron chi connectivity index (χ2n) is 4.63. The number of phenols is 2. The van der Waals surface area contributed by atoms with Crippen LogP contribution in [0.1, 0.15) is 15.9 Å². The second kappa shape index (κ2) is 3.84. The summed E-state index contributed by atoms with van der Waals surface area (Å²) in [6.45, 7) is 0. The Hall–Kier alpha value is -1.85. The van der Waals surface area contributed by atoms with Crippen molar-refractivity contribution in [3.05, 3.63) is 45.2 Å². The maximum atomic E-state index is 12.7. The summed E-state index contributed by atoms with van der Waals surface area (Å²) < 4.78 is 1.42. The number of aromatic hydroxyl groups is 2. The minimum atomic E-state index is -0.340. The van der Waals surface area contributed by atoms with Crippen molar-refractivity contribution in [2.45, 2.75) is 0 Å². The highest BCUT2D eigenvalue weighted by Crippen LogP contribution is 2.49. The Kier molecular flexibility index (Phi) is 2.29. The van der Waals surface area contributed by atoms with Crippen LogP contribution in [0.25, 0.3) is 21.2 Å². The number of carbonyl (C=O) groups excluding carboxylic acids is 1. The molecule has 2 aromatic carbocycles.